The van der Waals surface area contributed by atoms with Crippen LogP contribution in [0.5, 0.6) is 0 Å². The lowest BCUT2D eigenvalue weighted by Gasteiger charge is -2.25. The number of halogens is 2. The predicted molar refractivity (Wildman–Crippen MR) is 118 cm³/mol. The van der Waals surface area contributed by atoms with Gasteiger partial charge >= 0.3 is 5.89 Å². The summed E-state index contributed by atoms with van der Waals surface area (Å²) in [7, 11) is 3.06. The number of ether oxygens (including phenoxy) is 1. The molecule has 170 valence electrons. The highest BCUT2D eigenvalue weighted by Crippen LogP contribution is 2.41. The second-order valence-corrected chi connectivity index (χ2v) is 7.95. The van der Waals surface area contributed by atoms with E-state index in [1.54, 1.807) is 54.7 Å². The second-order valence-electron chi connectivity index (χ2n) is 7.95. The number of allylic oxidation sites excluding steroid dienone is 2. The number of hydrogen-bond donors (Lipinski definition) is 0. The molecule has 3 aromatic rings. The number of hydrogen-bond acceptors (Lipinski definition) is 5. The molecule has 0 unspecified atom stereocenters. The Bertz CT molecular complexity index is 1390. The van der Waals surface area contributed by atoms with E-state index < -0.39 is 34.7 Å². The summed E-state index contributed by atoms with van der Waals surface area (Å²) in [5, 5.41) is 0. The lowest BCUT2D eigenvalue weighted by atomic mass is 9.75. The molecule has 0 atom stereocenters. The average Bonchev–Trinajstić information content (AvgIpc) is 3.43. The van der Waals surface area contributed by atoms with E-state index in [0.29, 0.717) is 22.6 Å². The third-order valence-corrected chi connectivity index (χ3v) is 5.67. The van der Waals surface area contributed by atoms with Gasteiger partial charge in [-0.05, 0) is 0 Å². The number of aromatic nitrogens is 1. The number of oxazole rings is 1. The summed E-state index contributed by atoms with van der Waals surface area (Å²) >= 11 is 0. The van der Waals surface area contributed by atoms with Gasteiger partial charge < -0.3 is 14.1 Å². The minimum absolute atomic E-state index is 0.278. The van der Waals surface area contributed by atoms with Gasteiger partial charge in [-0.3, -0.25) is 9.59 Å². The third-order valence-electron chi connectivity index (χ3n) is 5.67. The van der Waals surface area contributed by atoms with E-state index in [-0.39, 0.29) is 11.8 Å². The number of Topliss-reactive ketones (excluding diaryl/α,β-unsaturated/α-hetero) is 2. The van der Waals surface area contributed by atoms with Gasteiger partial charge in [0, 0.05) is 18.2 Å². The average molecular weight is 461 g/mol. The standard InChI is InChI=1S/C26H19F2N2O4/c1-29-13-17(15-9-5-3-6-10-15)33-25(29)21(27)19-23(31)20(24(19)32)22(28)26-30(2)14-18(34-26)16-11-7-4-8-12-16/h3-14,19H,1-2H3/q+1/b22-20?,25-21-. The highest BCUT2D eigenvalue weighted by atomic mass is 19.1. The summed E-state index contributed by atoms with van der Waals surface area (Å²) < 4.78 is 42.9. The van der Waals surface area contributed by atoms with Crippen LogP contribution in [0.4, 0.5) is 8.78 Å². The number of rotatable bonds is 4. The first-order chi connectivity index (χ1) is 16.4. The van der Waals surface area contributed by atoms with Crippen LogP contribution in [0.15, 0.2) is 94.8 Å². The van der Waals surface area contributed by atoms with Gasteiger partial charge in [0.05, 0.1) is 6.20 Å². The van der Waals surface area contributed by atoms with E-state index in [0.717, 1.165) is 0 Å². The van der Waals surface area contributed by atoms with Crippen molar-refractivity contribution in [3.05, 3.63) is 102 Å². The molecular weight excluding hydrogens is 442 g/mol. The normalized spacial score (nSPS) is 19.1. The Morgan fingerprint density at radius 1 is 0.941 bits per heavy atom. The quantitative estimate of drug-likeness (QED) is 0.251. The van der Waals surface area contributed by atoms with Crippen molar-refractivity contribution in [1.82, 2.24) is 4.90 Å². The minimum atomic E-state index is -1.75. The zero-order valence-corrected chi connectivity index (χ0v) is 18.3. The number of nitrogens with zero attached hydrogens (tertiary/aromatic N) is 2. The molecule has 0 amide bonds. The van der Waals surface area contributed by atoms with Crippen LogP contribution in [0.2, 0.25) is 0 Å². The highest BCUT2D eigenvalue weighted by molar-refractivity contribution is 6.42. The molecule has 6 nitrogen and oxygen atoms in total. The number of benzene rings is 2. The Morgan fingerprint density at radius 2 is 1.53 bits per heavy atom. The molecule has 34 heavy (non-hydrogen) atoms. The maximum atomic E-state index is 15.2. The van der Waals surface area contributed by atoms with Crippen LogP contribution in [-0.2, 0) is 21.4 Å². The number of ketones is 2. The molecule has 1 fully saturated rings. The smallest absolute Gasteiger partial charge is 0.411 e. The van der Waals surface area contributed by atoms with Crippen LogP contribution in [0.3, 0.4) is 0 Å². The molecule has 0 N–H and O–H groups in total. The van der Waals surface area contributed by atoms with E-state index >= 15 is 8.78 Å². The molecule has 2 heterocycles. The Morgan fingerprint density at radius 3 is 2.15 bits per heavy atom. The van der Waals surface area contributed by atoms with Crippen molar-refractivity contribution >= 4 is 23.2 Å². The summed E-state index contributed by atoms with van der Waals surface area (Å²) in [6, 6.07) is 18.0. The first kappa shape index (κ1) is 21.5. The molecule has 0 bridgehead atoms. The van der Waals surface area contributed by atoms with Crippen molar-refractivity contribution in [1.29, 1.82) is 0 Å². The minimum Gasteiger partial charge on any atom is -0.436 e. The van der Waals surface area contributed by atoms with Gasteiger partial charge in [-0.15, -0.1) is 0 Å². The van der Waals surface area contributed by atoms with E-state index in [4.69, 9.17) is 9.15 Å². The predicted octanol–water partition coefficient (Wildman–Crippen LogP) is 4.32. The van der Waals surface area contributed by atoms with E-state index in [9.17, 15) is 9.59 Å². The summed E-state index contributed by atoms with van der Waals surface area (Å²) in [5.41, 5.74) is 0.682. The van der Waals surface area contributed by atoms with Crippen molar-refractivity contribution < 1.29 is 32.1 Å². The van der Waals surface area contributed by atoms with Crippen molar-refractivity contribution in [2.24, 2.45) is 13.0 Å². The molecule has 5 rings (SSSR count). The van der Waals surface area contributed by atoms with Gasteiger partial charge in [0.25, 0.3) is 0 Å². The van der Waals surface area contributed by atoms with Crippen LogP contribution >= 0.6 is 0 Å². The van der Waals surface area contributed by atoms with E-state index in [2.05, 4.69) is 0 Å². The van der Waals surface area contributed by atoms with Crippen molar-refractivity contribution in [3.63, 3.8) is 0 Å². The fourth-order valence-electron chi connectivity index (χ4n) is 3.89. The molecule has 1 aliphatic carbocycles. The van der Waals surface area contributed by atoms with Crippen molar-refractivity contribution in [3.8, 4) is 11.3 Å². The summed E-state index contributed by atoms with van der Waals surface area (Å²) in [6.07, 6.45) is 3.08. The van der Waals surface area contributed by atoms with Crippen LogP contribution in [0.25, 0.3) is 22.9 Å². The second kappa shape index (κ2) is 8.22. The highest BCUT2D eigenvalue weighted by Gasteiger charge is 2.53. The molecule has 1 aliphatic heterocycles. The van der Waals surface area contributed by atoms with Crippen LogP contribution < -0.4 is 4.57 Å². The first-order valence-corrected chi connectivity index (χ1v) is 10.5. The maximum Gasteiger partial charge on any atom is 0.411 e. The lowest BCUT2D eigenvalue weighted by Crippen LogP contribution is -2.43. The van der Waals surface area contributed by atoms with Gasteiger partial charge in [0.1, 0.15) is 18.5 Å². The van der Waals surface area contributed by atoms with Gasteiger partial charge in [0.15, 0.2) is 23.2 Å². The molecule has 8 heteroatoms. The molecule has 2 aliphatic rings. The van der Waals surface area contributed by atoms with Gasteiger partial charge in [-0.25, -0.2) is 4.39 Å². The maximum absolute atomic E-state index is 15.2. The molecule has 0 spiro atoms. The van der Waals surface area contributed by atoms with Crippen molar-refractivity contribution in [2.45, 2.75) is 0 Å². The van der Waals surface area contributed by atoms with Gasteiger partial charge in [0.2, 0.25) is 23.7 Å². The first-order valence-electron chi connectivity index (χ1n) is 10.5. The Labute approximate surface area is 193 Å². The SMILES string of the molecule is CN1C=C(c2ccccc2)O/C1=C(\F)C1C(=O)C(=C(F)c2oc(-c3ccccc3)c[n+]2C)C1=O. The fourth-order valence-corrected chi connectivity index (χ4v) is 3.89. The van der Waals surface area contributed by atoms with Crippen molar-refractivity contribution in [2.75, 3.05) is 7.05 Å². The topological polar surface area (TPSA) is 63.6 Å². The summed E-state index contributed by atoms with van der Waals surface area (Å²) in [6.45, 7) is 0. The molecule has 1 saturated carbocycles. The Hall–Kier alpha value is -4.33. The lowest BCUT2D eigenvalue weighted by molar-refractivity contribution is -0.677. The zero-order valence-electron chi connectivity index (χ0n) is 18.3. The monoisotopic (exact) mass is 461 g/mol. The molecule has 0 radical (unpaired) electrons. The Balaban J connectivity index is 1.42. The van der Waals surface area contributed by atoms with Crippen LogP contribution in [0.1, 0.15) is 11.5 Å². The van der Waals surface area contributed by atoms with E-state index in [1.165, 1.54) is 29.8 Å². The largest absolute Gasteiger partial charge is 0.436 e. The fraction of sp³-hybridized carbons (Fsp3) is 0.115. The molecule has 1 aromatic heterocycles. The Kier molecular flexibility index (Phi) is 5.20. The van der Waals surface area contributed by atoms with E-state index in [1.807, 2.05) is 12.1 Å². The third kappa shape index (κ3) is 3.44. The zero-order chi connectivity index (χ0) is 24.0. The van der Waals surface area contributed by atoms with Crippen LogP contribution in [0, 0.1) is 5.92 Å². The van der Waals surface area contributed by atoms with Gasteiger partial charge in [-0.2, -0.15) is 8.96 Å². The number of aryl methyl sites for hydroxylation is 1. The molecular formula is C26H19F2N2O4+. The number of carbonyl (C=O) groups excluding carboxylic acids is 2. The summed E-state index contributed by atoms with van der Waals surface area (Å²) in [5.74, 6) is -5.73. The summed E-state index contributed by atoms with van der Waals surface area (Å²) in [4.78, 5) is 26.7. The number of carbonyl (C=O) groups is 2. The molecule has 0 saturated heterocycles. The van der Waals surface area contributed by atoms with Gasteiger partial charge in [-0.1, -0.05) is 60.7 Å². The molecule has 2 aromatic carbocycles. The van der Waals surface area contributed by atoms with Crippen LogP contribution in [-0.4, -0.2) is 23.5 Å².